The zero-order valence-corrected chi connectivity index (χ0v) is 10.8. The van der Waals surface area contributed by atoms with E-state index in [2.05, 4.69) is 10.3 Å². The Balaban J connectivity index is 2.59. The number of carboxylic acid groups (broad SMARTS) is 1. The number of rotatable bonds is 8. The molecular weight excluding hydrogens is 250 g/mol. The van der Waals surface area contributed by atoms with Gasteiger partial charge in [0.1, 0.15) is 6.04 Å². The van der Waals surface area contributed by atoms with Crippen molar-refractivity contribution >= 4 is 11.9 Å². The molecule has 1 aromatic heterocycles. The number of aliphatic hydroxyl groups is 1. The fraction of sp³-hybridized carbons (Fsp3) is 0.583. The van der Waals surface area contributed by atoms with E-state index in [0.717, 1.165) is 12.8 Å². The van der Waals surface area contributed by atoms with Gasteiger partial charge in [0.05, 0.1) is 12.9 Å². The van der Waals surface area contributed by atoms with Crippen LogP contribution < -0.4 is 5.32 Å². The topological polar surface area (TPSA) is 104 Å². The molecule has 0 spiro atoms. The van der Waals surface area contributed by atoms with Gasteiger partial charge < -0.3 is 20.1 Å². The van der Waals surface area contributed by atoms with Gasteiger partial charge in [-0.15, -0.1) is 0 Å². The minimum Gasteiger partial charge on any atom is -0.480 e. The maximum absolute atomic E-state index is 11.8. The van der Waals surface area contributed by atoms with Gasteiger partial charge in [0.15, 0.2) is 0 Å². The van der Waals surface area contributed by atoms with Crippen molar-refractivity contribution in [1.29, 1.82) is 0 Å². The first-order valence-electron chi connectivity index (χ1n) is 6.19. The minimum absolute atomic E-state index is 0.0550. The monoisotopic (exact) mass is 269 g/mol. The summed E-state index contributed by atoms with van der Waals surface area (Å²) in [4.78, 5) is 26.4. The molecule has 0 fully saturated rings. The Bertz CT molecular complexity index is 405. The molecule has 7 nitrogen and oxygen atoms in total. The lowest BCUT2D eigenvalue weighted by Gasteiger charge is -2.18. The van der Waals surface area contributed by atoms with Crippen LogP contribution in [-0.2, 0) is 9.59 Å². The molecule has 2 atom stereocenters. The normalized spacial score (nSPS) is 13.8. The molecule has 0 bridgehead atoms. The molecule has 0 radical (unpaired) electrons. The molecule has 0 saturated carbocycles. The van der Waals surface area contributed by atoms with Gasteiger partial charge in [0.2, 0.25) is 5.91 Å². The summed E-state index contributed by atoms with van der Waals surface area (Å²) >= 11 is 0. The molecule has 0 aliphatic carbocycles. The van der Waals surface area contributed by atoms with Crippen molar-refractivity contribution in [2.45, 2.75) is 38.3 Å². The van der Waals surface area contributed by atoms with Crippen LogP contribution in [0, 0.1) is 0 Å². The van der Waals surface area contributed by atoms with Crippen molar-refractivity contribution in [2.24, 2.45) is 0 Å². The Kier molecular flexibility index (Phi) is 6.01. The van der Waals surface area contributed by atoms with E-state index in [4.69, 9.17) is 10.2 Å². The number of aliphatic hydroxyl groups excluding tert-OH is 1. The van der Waals surface area contributed by atoms with Gasteiger partial charge in [0, 0.05) is 24.9 Å². The lowest BCUT2D eigenvalue weighted by Crippen LogP contribution is -2.43. The quantitative estimate of drug-likeness (QED) is 0.624. The molecule has 106 valence electrons. The highest BCUT2D eigenvalue weighted by molar-refractivity contribution is 5.83. The smallest absolute Gasteiger partial charge is 0.328 e. The van der Waals surface area contributed by atoms with Crippen molar-refractivity contribution in [3.05, 3.63) is 18.7 Å². The first-order valence-corrected chi connectivity index (χ1v) is 6.19. The van der Waals surface area contributed by atoms with Crippen LogP contribution in [0.3, 0.4) is 0 Å². The summed E-state index contributed by atoms with van der Waals surface area (Å²) in [5.41, 5.74) is 0. The Hall–Kier alpha value is -1.89. The lowest BCUT2D eigenvalue weighted by atomic mass is 10.1. The second kappa shape index (κ2) is 7.52. The van der Waals surface area contributed by atoms with Crippen molar-refractivity contribution in [3.63, 3.8) is 0 Å². The van der Waals surface area contributed by atoms with E-state index in [1.54, 1.807) is 18.7 Å². The fourth-order valence-corrected chi connectivity index (χ4v) is 1.83. The van der Waals surface area contributed by atoms with Crippen LogP contribution in [0.1, 0.15) is 32.2 Å². The standard InChI is InChI=1S/C12H19N3O4/c1-2-3-9(15-5-4-13-8-15)6-11(17)14-10(7-16)12(18)19/h4-5,8-10,16H,2-3,6-7H2,1H3,(H,14,17)(H,18,19)/t9?,10-/m0/s1. The zero-order valence-electron chi connectivity index (χ0n) is 10.8. The number of carbonyl (C=O) groups is 2. The number of nitrogens with zero attached hydrogens (tertiary/aromatic N) is 2. The fourth-order valence-electron chi connectivity index (χ4n) is 1.83. The summed E-state index contributed by atoms with van der Waals surface area (Å²) in [5, 5.41) is 19.9. The van der Waals surface area contributed by atoms with E-state index in [-0.39, 0.29) is 12.5 Å². The Morgan fingerprint density at radius 2 is 2.21 bits per heavy atom. The Labute approximate surface area is 111 Å². The number of carboxylic acids is 1. The Morgan fingerprint density at radius 3 is 2.68 bits per heavy atom. The van der Waals surface area contributed by atoms with E-state index >= 15 is 0 Å². The van der Waals surface area contributed by atoms with Gasteiger partial charge in [-0.05, 0) is 6.42 Å². The first-order chi connectivity index (χ1) is 9.08. The van der Waals surface area contributed by atoms with Crippen LogP contribution in [0.15, 0.2) is 18.7 Å². The molecule has 19 heavy (non-hydrogen) atoms. The molecule has 0 aliphatic rings. The molecule has 1 unspecified atom stereocenters. The molecule has 1 amide bonds. The van der Waals surface area contributed by atoms with Crippen molar-refractivity contribution < 1.29 is 19.8 Å². The molecule has 1 aromatic rings. The molecule has 0 aromatic carbocycles. The number of hydrogen-bond donors (Lipinski definition) is 3. The van der Waals surface area contributed by atoms with E-state index in [9.17, 15) is 9.59 Å². The van der Waals surface area contributed by atoms with Crippen LogP contribution in [-0.4, -0.2) is 44.3 Å². The van der Waals surface area contributed by atoms with Crippen molar-refractivity contribution in [3.8, 4) is 0 Å². The largest absolute Gasteiger partial charge is 0.480 e. The predicted octanol–water partition coefficient (Wildman–Crippen LogP) is 0.176. The van der Waals surface area contributed by atoms with Crippen LogP contribution in [0.2, 0.25) is 0 Å². The number of imidazole rings is 1. The predicted molar refractivity (Wildman–Crippen MR) is 67.4 cm³/mol. The van der Waals surface area contributed by atoms with Crippen molar-refractivity contribution in [1.82, 2.24) is 14.9 Å². The van der Waals surface area contributed by atoms with Crippen LogP contribution in [0.5, 0.6) is 0 Å². The molecule has 1 rings (SSSR count). The third-order valence-corrected chi connectivity index (χ3v) is 2.81. The summed E-state index contributed by atoms with van der Waals surface area (Å²) in [6.07, 6.45) is 6.89. The maximum Gasteiger partial charge on any atom is 0.328 e. The third-order valence-electron chi connectivity index (χ3n) is 2.81. The highest BCUT2D eigenvalue weighted by Gasteiger charge is 2.21. The molecular formula is C12H19N3O4. The van der Waals surface area contributed by atoms with Gasteiger partial charge in [-0.25, -0.2) is 9.78 Å². The van der Waals surface area contributed by atoms with Gasteiger partial charge >= 0.3 is 5.97 Å². The minimum atomic E-state index is -1.25. The number of hydrogen-bond acceptors (Lipinski definition) is 4. The third kappa shape index (κ3) is 4.70. The molecule has 0 saturated heterocycles. The number of amides is 1. The average molecular weight is 269 g/mol. The molecule has 0 aliphatic heterocycles. The van der Waals surface area contributed by atoms with Crippen LogP contribution in [0.25, 0.3) is 0 Å². The van der Waals surface area contributed by atoms with Gasteiger partial charge in [0.25, 0.3) is 0 Å². The number of aliphatic carboxylic acids is 1. The van der Waals surface area contributed by atoms with E-state index < -0.39 is 24.5 Å². The van der Waals surface area contributed by atoms with E-state index in [1.807, 2.05) is 11.5 Å². The summed E-state index contributed by atoms with van der Waals surface area (Å²) < 4.78 is 1.83. The second-order valence-electron chi connectivity index (χ2n) is 4.30. The average Bonchev–Trinajstić information content (AvgIpc) is 2.88. The zero-order chi connectivity index (χ0) is 14.3. The van der Waals surface area contributed by atoms with Gasteiger partial charge in [-0.2, -0.15) is 0 Å². The SMILES string of the molecule is CCCC(CC(=O)N[C@@H](CO)C(=O)O)n1ccnc1. The molecule has 7 heteroatoms. The molecule has 3 N–H and O–H groups in total. The van der Waals surface area contributed by atoms with Crippen LogP contribution in [0.4, 0.5) is 0 Å². The maximum atomic E-state index is 11.8. The lowest BCUT2D eigenvalue weighted by molar-refractivity contribution is -0.143. The number of carbonyl (C=O) groups excluding carboxylic acids is 1. The highest BCUT2D eigenvalue weighted by atomic mass is 16.4. The van der Waals surface area contributed by atoms with Gasteiger partial charge in [-0.3, -0.25) is 4.79 Å². The Morgan fingerprint density at radius 1 is 1.47 bits per heavy atom. The molecule has 1 heterocycles. The highest BCUT2D eigenvalue weighted by Crippen LogP contribution is 2.17. The summed E-state index contributed by atoms with van der Waals surface area (Å²) in [6.45, 7) is 1.39. The van der Waals surface area contributed by atoms with Gasteiger partial charge in [-0.1, -0.05) is 13.3 Å². The van der Waals surface area contributed by atoms with Crippen LogP contribution >= 0.6 is 0 Å². The van der Waals surface area contributed by atoms with E-state index in [0.29, 0.717) is 0 Å². The second-order valence-corrected chi connectivity index (χ2v) is 4.30. The number of nitrogens with one attached hydrogen (secondary N) is 1. The summed E-state index contributed by atoms with van der Waals surface area (Å²) in [5.74, 6) is -1.64. The summed E-state index contributed by atoms with van der Waals surface area (Å²) in [6, 6.07) is -1.31. The van der Waals surface area contributed by atoms with E-state index in [1.165, 1.54) is 0 Å². The summed E-state index contributed by atoms with van der Waals surface area (Å²) in [7, 11) is 0. The first kappa shape index (κ1) is 15.2. The van der Waals surface area contributed by atoms with Crippen molar-refractivity contribution in [2.75, 3.05) is 6.61 Å². The number of aromatic nitrogens is 2.